The summed E-state index contributed by atoms with van der Waals surface area (Å²) in [5.41, 5.74) is 3.52. The number of rotatable bonds is 6. The van der Waals surface area contributed by atoms with Crippen molar-refractivity contribution in [2.24, 2.45) is 0 Å². The Balaban J connectivity index is 1.42. The third-order valence-corrected chi connectivity index (χ3v) is 5.29. The van der Waals surface area contributed by atoms with E-state index in [9.17, 15) is 9.59 Å². The highest BCUT2D eigenvalue weighted by Crippen LogP contribution is 2.25. The molecular weight excluding hydrogens is 362 g/mol. The number of anilines is 1. The van der Waals surface area contributed by atoms with Gasteiger partial charge in [-0.25, -0.2) is 4.68 Å². The Bertz CT molecular complexity index is 987. The Hall–Kier alpha value is -3.00. The van der Waals surface area contributed by atoms with Crippen LogP contribution in [0.25, 0.3) is 0 Å². The lowest BCUT2D eigenvalue weighted by Gasteiger charge is -2.17. The Morgan fingerprint density at radius 3 is 2.85 bits per heavy atom. The number of ketones is 1. The molecule has 0 unspecified atom stereocenters. The molecule has 136 valence electrons. The summed E-state index contributed by atoms with van der Waals surface area (Å²) >= 11 is 1.32. The van der Waals surface area contributed by atoms with Crippen LogP contribution >= 0.6 is 11.8 Å². The van der Waals surface area contributed by atoms with Crippen molar-refractivity contribution in [2.45, 2.75) is 24.5 Å². The van der Waals surface area contributed by atoms with E-state index < -0.39 is 0 Å². The van der Waals surface area contributed by atoms with Gasteiger partial charge in [0.1, 0.15) is 0 Å². The number of Topliss-reactive ketones (excluding diaryl/α,β-unsaturated/α-hetero) is 1. The number of hydrogen-bond acceptors (Lipinski definition) is 6. The lowest BCUT2D eigenvalue weighted by Crippen LogP contribution is -2.19. The fourth-order valence-electron chi connectivity index (χ4n) is 2.93. The molecule has 1 aromatic heterocycles. The minimum Gasteiger partial charge on any atom is -0.326 e. The van der Waals surface area contributed by atoms with Crippen LogP contribution in [-0.4, -0.2) is 37.7 Å². The highest BCUT2D eigenvalue weighted by atomic mass is 32.2. The SMILES string of the molecule is O=C1CCc2cc(C(=O)CSc3nnnn3Cc3ccccc3)ccc2N1. The van der Waals surface area contributed by atoms with E-state index in [0.717, 1.165) is 16.8 Å². The maximum atomic E-state index is 12.6. The van der Waals surface area contributed by atoms with Crippen LogP contribution in [0.1, 0.15) is 27.9 Å². The summed E-state index contributed by atoms with van der Waals surface area (Å²) in [6.07, 6.45) is 1.11. The van der Waals surface area contributed by atoms with Crippen LogP contribution in [0, 0.1) is 0 Å². The highest BCUT2D eigenvalue weighted by Gasteiger charge is 2.17. The zero-order valence-electron chi connectivity index (χ0n) is 14.5. The summed E-state index contributed by atoms with van der Waals surface area (Å²) in [4.78, 5) is 24.0. The molecule has 4 rings (SSSR count). The van der Waals surface area contributed by atoms with Crippen molar-refractivity contribution < 1.29 is 9.59 Å². The molecule has 0 atom stereocenters. The van der Waals surface area contributed by atoms with E-state index in [4.69, 9.17) is 0 Å². The van der Waals surface area contributed by atoms with Crippen LogP contribution < -0.4 is 5.32 Å². The molecule has 0 radical (unpaired) electrons. The largest absolute Gasteiger partial charge is 0.326 e. The van der Waals surface area contributed by atoms with Crippen molar-refractivity contribution in [2.75, 3.05) is 11.1 Å². The lowest BCUT2D eigenvalue weighted by atomic mass is 9.99. The van der Waals surface area contributed by atoms with Crippen molar-refractivity contribution in [3.05, 3.63) is 65.2 Å². The number of hydrogen-bond donors (Lipinski definition) is 1. The molecule has 7 nitrogen and oxygen atoms in total. The summed E-state index contributed by atoms with van der Waals surface area (Å²) in [5.74, 6) is 0.275. The maximum Gasteiger partial charge on any atom is 0.224 e. The minimum absolute atomic E-state index is 0.00830. The summed E-state index contributed by atoms with van der Waals surface area (Å²) in [7, 11) is 0. The van der Waals surface area contributed by atoms with Crippen molar-refractivity contribution in [3.8, 4) is 0 Å². The molecule has 8 heteroatoms. The van der Waals surface area contributed by atoms with Crippen molar-refractivity contribution >= 4 is 29.1 Å². The molecule has 0 saturated carbocycles. The predicted octanol–water partition coefficient (Wildman–Crippen LogP) is 2.58. The van der Waals surface area contributed by atoms with Gasteiger partial charge in [-0.3, -0.25) is 9.59 Å². The van der Waals surface area contributed by atoms with Crippen molar-refractivity contribution in [1.29, 1.82) is 0 Å². The van der Waals surface area contributed by atoms with Gasteiger partial charge in [0.25, 0.3) is 0 Å². The van der Waals surface area contributed by atoms with Gasteiger partial charge in [-0.2, -0.15) is 0 Å². The summed E-state index contributed by atoms with van der Waals surface area (Å²) in [6.45, 7) is 0.558. The molecule has 3 aromatic rings. The van der Waals surface area contributed by atoms with E-state index >= 15 is 0 Å². The van der Waals surface area contributed by atoms with Crippen LogP contribution in [0.4, 0.5) is 5.69 Å². The van der Waals surface area contributed by atoms with Gasteiger partial charge in [0.2, 0.25) is 11.1 Å². The fraction of sp³-hybridized carbons (Fsp3) is 0.211. The molecule has 1 amide bonds. The van der Waals surface area contributed by atoms with Gasteiger partial charge in [-0.15, -0.1) is 5.10 Å². The first-order chi connectivity index (χ1) is 13.2. The third kappa shape index (κ3) is 4.06. The summed E-state index contributed by atoms with van der Waals surface area (Å²) in [5, 5.41) is 15.2. The second-order valence-corrected chi connectivity index (χ2v) is 7.18. The standard InChI is InChI=1S/C19H17N5O2S/c25-17(15-6-8-16-14(10-15)7-9-18(26)20-16)12-27-19-21-22-23-24(19)11-13-4-2-1-3-5-13/h1-6,8,10H,7,9,11-12H2,(H,20,26). The van der Waals surface area contributed by atoms with Crippen LogP contribution in [0.5, 0.6) is 0 Å². The molecule has 0 bridgehead atoms. The van der Waals surface area contributed by atoms with E-state index in [1.807, 2.05) is 36.4 Å². The molecule has 0 spiro atoms. The molecule has 0 aliphatic carbocycles. The van der Waals surface area contributed by atoms with E-state index in [1.165, 1.54) is 11.8 Å². The quantitative estimate of drug-likeness (QED) is 0.523. The topological polar surface area (TPSA) is 89.8 Å². The number of nitrogens with zero attached hydrogens (tertiary/aromatic N) is 4. The van der Waals surface area contributed by atoms with Crippen LogP contribution in [0.3, 0.4) is 0 Å². The van der Waals surface area contributed by atoms with Crippen LogP contribution in [0.2, 0.25) is 0 Å². The normalized spacial score (nSPS) is 13.1. The molecule has 2 heterocycles. The first-order valence-corrected chi connectivity index (χ1v) is 9.56. The Morgan fingerprint density at radius 2 is 2.00 bits per heavy atom. The van der Waals surface area contributed by atoms with Gasteiger partial charge in [-0.1, -0.05) is 42.1 Å². The van der Waals surface area contributed by atoms with Gasteiger partial charge >= 0.3 is 0 Å². The highest BCUT2D eigenvalue weighted by molar-refractivity contribution is 7.99. The molecule has 2 aromatic carbocycles. The fourth-order valence-corrected chi connectivity index (χ4v) is 3.70. The molecule has 27 heavy (non-hydrogen) atoms. The molecule has 1 aliphatic rings. The average molecular weight is 379 g/mol. The van der Waals surface area contributed by atoms with Crippen molar-refractivity contribution in [1.82, 2.24) is 20.2 Å². The van der Waals surface area contributed by atoms with Gasteiger partial charge in [0.05, 0.1) is 12.3 Å². The van der Waals surface area contributed by atoms with Crippen molar-refractivity contribution in [3.63, 3.8) is 0 Å². The molecule has 0 fully saturated rings. The monoisotopic (exact) mass is 379 g/mol. The number of benzene rings is 2. The lowest BCUT2D eigenvalue weighted by molar-refractivity contribution is -0.116. The predicted molar refractivity (Wildman–Crippen MR) is 102 cm³/mol. The van der Waals surface area contributed by atoms with Gasteiger partial charge in [0.15, 0.2) is 5.78 Å². The number of amides is 1. The number of aromatic nitrogens is 4. The van der Waals surface area contributed by atoms with E-state index in [2.05, 4.69) is 20.8 Å². The smallest absolute Gasteiger partial charge is 0.224 e. The summed E-state index contributed by atoms with van der Waals surface area (Å²) in [6, 6.07) is 15.3. The number of nitrogens with one attached hydrogen (secondary N) is 1. The number of carbonyl (C=O) groups is 2. The Morgan fingerprint density at radius 1 is 1.15 bits per heavy atom. The number of carbonyl (C=O) groups excluding carboxylic acids is 2. The Labute approximate surface area is 160 Å². The minimum atomic E-state index is 0.00830. The average Bonchev–Trinajstić information content (AvgIpc) is 3.13. The first-order valence-electron chi connectivity index (χ1n) is 8.58. The maximum absolute atomic E-state index is 12.6. The second kappa shape index (κ2) is 7.71. The molecule has 1 aliphatic heterocycles. The van der Waals surface area contributed by atoms with E-state index in [1.54, 1.807) is 16.8 Å². The molecular formula is C19H17N5O2S. The van der Waals surface area contributed by atoms with Gasteiger partial charge in [-0.05, 0) is 46.2 Å². The third-order valence-electron chi connectivity index (χ3n) is 4.33. The number of tetrazole rings is 1. The van der Waals surface area contributed by atoms with Crippen LogP contribution in [0.15, 0.2) is 53.7 Å². The zero-order chi connectivity index (χ0) is 18.6. The second-order valence-electron chi connectivity index (χ2n) is 6.24. The van der Waals surface area contributed by atoms with Gasteiger partial charge in [0, 0.05) is 17.7 Å². The molecule has 0 saturated heterocycles. The van der Waals surface area contributed by atoms with E-state index in [0.29, 0.717) is 30.1 Å². The first kappa shape index (κ1) is 17.4. The van der Waals surface area contributed by atoms with Crippen LogP contribution in [-0.2, 0) is 17.8 Å². The summed E-state index contributed by atoms with van der Waals surface area (Å²) < 4.78 is 1.69. The number of thioether (sulfide) groups is 1. The number of aryl methyl sites for hydroxylation is 1. The Kier molecular flexibility index (Phi) is 4.97. The van der Waals surface area contributed by atoms with Gasteiger partial charge < -0.3 is 5.32 Å². The number of fused-ring (bicyclic) bond motifs is 1. The molecule has 1 N–H and O–H groups in total. The zero-order valence-corrected chi connectivity index (χ0v) is 15.3. The van der Waals surface area contributed by atoms with E-state index in [-0.39, 0.29) is 17.4 Å².